The fourth-order valence-electron chi connectivity index (χ4n) is 4.26. The lowest BCUT2D eigenvalue weighted by molar-refractivity contribution is 0.244. The molecule has 4 heterocycles. The first-order valence-electron chi connectivity index (χ1n) is 9.75. The van der Waals surface area contributed by atoms with Crippen molar-refractivity contribution in [1.29, 1.82) is 0 Å². The Kier molecular flexibility index (Phi) is 4.20. The molecule has 1 aliphatic heterocycles. The van der Waals surface area contributed by atoms with Gasteiger partial charge in [0.2, 0.25) is 0 Å². The maximum absolute atomic E-state index is 5.30. The second kappa shape index (κ2) is 6.87. The number of benzene rings is 1. The molecule has 1 aromatic carbocycles. The van der Waals surface area contributed by atoms with Crippen LogP contribution in [0.25, 0.3) is 22.3 Å². The van der Waals surface area contributed by atoms with Gasteiger partial charge in [-0.3, -0.25) is 4.90 Å². The molecule has 1 fully saturated rings. The minimum absolute atomic E-state index is 0.307. The summed E-state index contributed by atoms with van der Waals surface area (Å²) >= 11 is 0. The van der Waals surface area contributed by atoms with Gasteiger partial charge in [-0.05, 0) is 62.4 Å². The normalized spacial score (nSPS) is 17.6. The molecule has 6 heteroatoms. The zero-order chi connectivity index (χ0) is 19.1. The molecule has 0 amide bonds. The van der Waals surface area contributed by atoms with Crippen LogP contribution in [0.3, 0.4) is 0 Å². The predicted octanol–water partition coefficient (Wildman–Crippen LogP) is 4.57. The van der Waals surface area contributed by atoms with Crippen LogP contribution in [-0.2, 0) is 6.54 Å². The third-order valence-electron chi connectivity index (χ3n) is 5.64. The molecule has 1 saturated heterocycles. The highest BCUT2D eigenvalue weighted by atomic mass is 16.5. The molecule has 6 nitrogen and oxygen atoms in total. The average Bonchev–Trinajstić information content (AvgIpc) is 3.42. The van der Waals surface area contributed by atoms with Gasteiger partial charge in [0, 0.05) is 24.5 Å². The van der Waals surface area contributed by atoms with Crippen LogP contribution in [0.2, 0.25) is 0 Å². The highest BCUT2D eigenvalue weighted by Crippen LogP contribution is 2.33. The van der Waals surface area contributed by atoms with Gasteiger partial charge in [-0.2, -0.15) is 0 Å². The quantitative estimate of drug-likeness (QED) is 0.567. The predicted molar refractivity (Wildman–Crippen MR) is 108 cm³/mol. The summed E-state index contributed by atoms with van der Waals surface area (Å²) in [4.78, 5) is 15.2. The molecule has 0 spiro atoms. The summed E-state index contributed by atoms with van der Waals surface area (Å²) in [6, 6.07) is 11.1. The summed E-state index contributed by atoms with van der Waals surface area (Å²) in [5, 5.41) is 5.29. The van der Waals surface area contributed by atoms with Gasteiger partial charge in [0.05, 0.1) is 23.0 Å². The molecule has 0 unspecified atom stereocenters. The van der Waals surface area contributed by atoms with Gasteiger partial charge in [0.1, 0.15) is 5.76 Å². The number of aromatic amines is 1. The van der Waals surface area contributed by atoms with Crippen molar-refractivity contribution < 1.29 is 4.52 Å². The fourth-order valence-corrected chi connectivity index (χ4v) is 4.26. The van der Waals surface area contributed by atoms with Crippen LogP contribution in [0, 0.1) is 13.8 Å². The van der Waals surface area contributed by atoms with E-state index in [0.29, 0.717) is 11.9 Å². The number of fused-ring (bicyclic) bond motifs is 1. The number of aromatic nitrogens is 4. The van der Waals surface area contributed by atoms with Gasteiger partial charge >= 0.3 is 0 Å². The molecule has 1 aliphatic rings. The number of likely N-dealkylation sites (tertiary alicyclic amines) is 1. The molecule has 3 aromatic heterocycles. The Morgan fingerprint density at radius 3 is 3.00 bits per heavy atom. The van der Waals surface area contributed by atoms with E-state index >= 15 is 0 Å². The van der Waals surface area contributed by atoms with E-state index < -0.39 is 0 Å². The van der Waals surface area contributed by atoms with Crippen LogP contribution in [-0.4, -0.2) is 31.6 Å². The van der Waals surface area contributed by atoms with Gasteiger partial charge in [0.25, 0.3) is 0 Å². The largest absolute Gasteiger partial charge is 0.361 e. The Bertz CT molecular complexity index is 1110. The molecule has 142 valence electrons. The summed E-state index contributed by atoms with van der Waals surface area (Å²) in [6.07, 6.45) is 6.14. The van der Waals surface area contributed by atoms with Crippen LogP contribution in [0.4, 0.5) is 0 Å². The molecule has 1 atom stereocenters. The lowest BCUT2D eigenvalue weighted by Gasteiger charge is -2.24. The Hall–Kier alpha value is -2.99. The maximum atomic E-state index is 5.30. The molecular formula is C22H23N5O. The molecule has 5 rings (SSSR count). The lowest BCUT2D eigenvalue weighted by atomic mass is 10.1. The van der Waals surface area contributed by atoms with Gasteiger partial charge in [-0.25, -0.2) is 9.97 Å². The number of hydrogen-bond acceptors (Lipinski definition) is 5. The van der Waals surface area contributed by atoms with Crippen molar-refractivity contribution in [3.63, 3.8) is 0 Å². The lowest BCUT2D eigenvalue weighted by Crippen LogP contribution is -2.23. The van der Waals surface area contributed by atoms with Gasteiger partial charge in [-0.1, -0.05) is 17.3 Å². The molecular weight excluding hydrogens is 350 g/mol. The molecule has 0 radical (unpaired) electrons. The van der Waals surface area contributed by atoms with Crippen LogP contribution < -0.4 is 0 Å². The zero-order valence-electron chi connectivity index (χ0n) is 16.1. The molecule has 4 aromatic rings. The first-order chi connectivity index (χ1) is 13.7. The standard InChI is InChI=1S/C22H23N5O/c1-14-21(15(2)28-26-14)22-24-10-8-18(25-22)20-4-3-11-27(20)13-16-5-6-17-7-9-23-19(17)12-16/h5-10,12,20,23H,3-4,11,13H2,1-2H3/t20-/m0/s1. The van der Waals surface area contributed by atoms with Gasteiger partial charge in [-0.15, -0.1) is 0 Å². The van der Waals surface area contributed by atoms with Crippen LogP contribution in [0.1, 0.15) is 41.6 Å². The van der Waals surface area contributed by atoms with Crippen LogP contribution >= 0.6 is 0 Å². The third-order valence-corrected chi connectivity index (χ3v) is 5.64. The van der Waals surface area contributed by atoms with E-state index in [0.717, 1.165) is 42.2 Å². The topological polar surface area (TPSA) is 70.8 Å². The van der Waals surface area contributed by atoms with Crippen LogP contribution in [0.15, 0.2) is 47.2 Å². The smallest absolute Gasteiger partial charge is 0.164 e. The van der Waals surface area contributed by atoms with E-state index in [4.69, 9.17) is 9.51 Å². The SMILES string of the molecule is Cc1noc(C)c1-c1nccc([C@@H]2CCCN2Cc2ccc3cc[nH]c3c2)n1. The van der Waals surface area contributed by atoms with Crippen molar-refractivity contribution in [2.45, 2.75) is 39.3 Å². The van der Waals surface area contributed by atoms with Gasteiger partial charge in [0.15, 0.2) is 5.82 Å². The Balaban J connectivity index is 1.43. The Morgan fingerprint density at radius 2 is 2.14 bits per heavy atom. The number of aryl methyl sites for hydroxylation is 2. The van der Waals surface area contributed by atoms with Crippen molar-refractivity contribution >= 4 is 10.9 Å². The third kappa shape index (κ3) is 2.99. The van der Waals surface area contributed by atoms with Crippen molar-refractivity contribution in [1.82, 2.24) is 25.0 Å². The highest BCUT2D eigenvalue weighted by Gasteiger charge is 2.28. The maximum Gasteiger partial charge on any atom is 0.164 e. The van der Waals surface area contributed by atoms with E-state index in [-0.39, 0.29) is 0 Å². The summed E-state index contributed by atoms with van der Waals surface area (Å²) < 4.78 is 5.30. The van der Waals surface area contributed by atoms with E-state index in [1.165, 1.54) is 22.9 Å². The average molecular weight is 373 g/mol. The minimum Gasteiger partial charge on any atom is -0.361 e. The first kappa shape index (κ1) is 17.1. The molecule has 0 saturated carbocycles. The Labute approximate surface area is 163 Å². The monoisotopic (exact) mass is 373 g/mol. The van der Waals surface area contributed by atoms with Gasteiger partial charge < -0.3 is 9.51 Å². The number of nitrogens with one attached hydrogen (secondary N) is 1. The first-order valence-corrected chi connectivity index (χ1v) is 9.75. The zero-order valence-corrected chi connectivity index (χ0v) is 16.1. The Morgan fingerprint density at radius 1 is 1.21 bits per heavy atom. The minimum atomic E-state index is 0.307. The molecule has 0 aliphatic carbocycles. The van der Waals surface area contributed by atoms with E-state index in [1.807, 2.05) is 32.3 Å². The van der Waals surface area contributed by atoms with E-state index in [9.17, 15) is 0 Å². The van der Waals surface area contributed by atoms with E-state index in [1.54, 1.807) is 0 Å². The number of H-pyrrole nitrogens is 1. The van der Waals surface area contributed by atoms with Crippen molar-refractivity contribution in [3.05, 3.63) is 65.4 Å². The molecule has 0 bridgehead atoms. The number of hydrogen-bond donors (Lipinski definition) is 1. The van der Waals surface area contributed by atoms with Crippen molar-refractivity contribution in [2.75, 3.05) is 6.54 Å². The highest BCUT2D eigenvalue weighted by molar-refractivity contribution is 5.79. The molecule has 1 N–H and O–H groups in total. The summed E-state index contributed by atoms with van der Waals surface area (Å²) in [7, 11) is 0. The second-order valence-corrected chi connectivity index (χ2v) is 7.53. The number of rotatable bonds is 4. The summed E-state index contributed by atoms with van der Waals surface area (Å²) in [5.74, 6) is 1.46. The summed E-state index contributed by atoms with van der Waals surface area (Å²) in [5.41, 5.74) is 5.32. The number of nitrogens with zero attached hydrogens (tertiary/aromatic N) is 4. The van der Waals surface area contributed by atoms with Crippen molar-refractivity contribution in [2.24, 2.45) is 0 Å². The van der Waals surface area contributed by atoms with Crippen LogP contribution in [0.5, 0.6) is 0 Å². The summed E-state index contributed by atoms with van der Waals surface area (Å²) in [6.45, 7) is 5.84. The van der Waals surface area contributed by atoms with Crippen molar-refractivity contribution in [3.8, 4) is 11.4 Å². The fraction of sp³-hybridized carbons (Fsp3) is 0.318. The molecule has 28 heavy (non-hydrogen) atoms. The second-order valence-electron chi connectivity index (χ2n) is 7.53. The van der Waals surface area contributed by atoms with E-state index in [2.05, 4.69) is 44.3 Å².